The molecule has 0 fully saturated rings. The highest BCUT2D eigenvalue weighted by Gasteiger charge is 2.13. The number of rotatable bonds is 4. The monoisotopic (exact) mass is 295 g/mol. The lowest BCUT2D eigenvalue weighted by molar-refractivity contribution is 0.0692. The van der Waals surface area contributed by atoms with Crippen molar-refractivity contribution < 1.29 is 23.1 Å². The third-order valence-corrected chi connectivity index (χ3v) is 3.02. The zero-order chi connectivity index (χ0) is 15.6. The summed E-state index contributed by atoms with van der Waals surface area (Å²) in [5.41, 5.74) is 0.388. The van der Waals surface area contributed by atoms with Gasteiger partial charge in [-0.2, -0.15) is 0 Å². The zero-order valence-corrected chi connectivity index (χ0v) is 11.0. The van der Waals surface area contributed by atoms with Crippen LogP contribution in [0.15, 0.2) is 36.4 Å². The van der Waals surface area contributed by atoms with Gasteiger partial charge in [0, 0.05) is 11.7 Å². The maximum Gasteiger partial charge on any atom is 0.338 e. The first-order valence-electron chi connectivity index (χ1n) is 6.13. The zero-order valence-electron chi connectivity index (χ0n) is 11.0. The Labute approximate surface area is 119 Å². The number of nitrogens with one attached hydrogen (secondary N) is 1. The summed E-state index contributed by atoms with van der Waals surface area (Å²) in [6.07, 6.45) is 0. The predicted octanol–water partition coefficient (Wildman–Crippen LogP) is 3.98. The molecule has 2 aromatic rings. The normalized spacial score (nSPS) is 12.0. The molecule has 0 aliphatic heterocycles. The van der Waals surface area contributed by atoms with Crippen molar-refractivity contribution in [1.29, 1.82) is 0 Å². The molecule has 0 aliphatic carbocycles. The number of hydrogen-bond acceptors (Lipinski definition) is 2. The Morgan fingerprint density at radius 2 is 1.71 bits per heavy atom. The van der Waals surface area contributed by atoms with Crippen molar-refractivity contribution in [1.82, 2.24) is 0 Å². The van der Waals surface area contributed by atoms with Crippen LogP contribution < -0.4 is 5.32 Å². The minimum Gasteiger partial charge on any atom is -0.478 e. The fraction of sp³-hybridized carbons (Fsp3) is 0.133. The molecular formula is C15H12F3NO2. The molecule has 0 saturated heterocycles. The standard InChI is InChI=1S/C15H12F3NO2/c1-8(9-2-4-13(17)14(18)6-9)19-10-3-5-12(16)11(7-10)15(20)21/h2-8,19H,1H3,(H,20,21). The van der Waals surface area contributed by atoms with E-state index < -0.39 is 35.0 Å². The molecule has 0 radical (unpaired) electrons. The van der Waals surface area contributed by atoms with E-state index in [1.807, 2.05) is 0 Å². The third kappa shape index (κ3) is 3.34. The van der Waals surface area contributed by atoms with Gasteiger partial charge >= 0.3 is 5.97 Å². The van der Waals surface area contributed by atoms with Crippen LogP contribution in [-0.2, 0) is 0 Å². The number of carboxylic acid groups (broad SMARTS) is 1. The summed E-state index contributed by atoms with van der Waals surface area (Å²) < 4.78 is 39.3. The minimum absolute atomic E-state index is 0.367. The van der Waals surface area contributed by atoms with Gasteiger partial charge < -0.3 is 10.4 Å². The first-order valence-corrected chi connectivity index (χ1v) is 6.13. The lowest BCUT2D eigenvalue weighted by Crippen LogP contribution is -2.09. The molecule has 3 nitrogen and oxygen atoms in total. The first kappa shape index (κ1) is 14.9. The maximum atomic E-state index is 13.3. The van der Waals surface area contributed by atoms with E-state index in [4.69, 9.17) is 5.11 Å². The molecule has 0 spiro atoms. The SMILES string of the molecule is CC(Nc1ccc(F)c(C(=O)O)c1)c1ccc(F)c(F)c1. The first-order chi connectivity index (χ1) is 9.88. The Morgan fingerprint density at radius 3 is 2.33 bits per heavy atom. The second-order valence-corrected chi connectivity index (χ2v) is 4.54. The molecule has 0 amide bonds. The fourth-order valence-electron chi connectivity index (χ4n) is 1.89. The van der Waals surface area contributed by atoms with Crippen molar-refractivity contribution in [2.45, 2.75) is 13.0 Å². The fourth-order valence-corrected chi connectivity index (χ4v) is 1.89. The van der Waals surface area contributed by atoms with E-state index in [1.165, 1.54) is 12.1 Å². The molecule has 0 heterocycles. The van der Waals surface area contributed by atoms with Crippen LogP contribution in [-0.4, -0.2) is 11.1 Å². The highest BCUT2D eigenvalue weighted by Crippen LogP contribution is 2.22. The largest absolute Gasteiger partial charge is 0.478 e. The van der Waals surface area contributed by atoms with Gasteiger partial charge in [0.15, 0.2) is 11.6 Å². The molecule has 1 atom stereocenters. The average Bonchev–Trinajstić information content (AvgIpc) is 2.43. The van der Waals surface area contributed by atoms with Crippen molar-refractivity contribution in [2.24, 2.45) is 0 Å². The van der Waals surface area contributed by atoms with Gasteiger partial charge in [0.2, 0.25) is 0 Å². The van der Waals surface area contributed by atoms with Crippen molar-refractivity contribution >= 4 is 11.7 Å². The van der Waals surface area contributed by atoms with Gasteiger partial charge in [-0.15, -0.1) is 0 Å². The highest BCUT2D eigenvalue weighted by molar-refractivity contribution is 5.89. The van der Waals surface area contributed by atoms with Crippen LogP contribution >= 0.6 is 0 Å². The summed E-state index contributed by atoms with van der Waals surface area (Å²) in [6.45, 7) is 1.69. The average molecular weight is 295 g/mol. The lowest BCUT2D eigenvalue weighted by Gasteiger charge is -2.16. The molecule has 0 aromatic heterocycles. The Kier molecular flexibility index (Phi) is 4.16. The number of benzene rings is 2. The number of carboxylic acids is 1. The van der Waals surface area contributed by atoms with Crippen LogP contribution in [0.3, 0.4) is 0 Å². The maximum absolute atomic E-state index is 13.3. The van der Waals surface area contributed by atoms with E-state index >= 15 is 0 Å². The summed E-state index contributed by atoms with van der Waals surface area (Å²) in [5, 5.41) is 11.8. The Bertz CT molecular complexity index is 689. The van der Waals surface area contributed by atoms with Crippen LogP contribution in [0.4, 0.5) is 18.9 Å². The molecule has 2 aromatic carbocycles. The molecule has 21 heavy (non-hydrogen) atoms. The van der Waals surface area contributed by atoms with Crippen LogP contribution in [0.25, 0.3) is 0 Å². The summed E-state index contributed by atoms with van der Waals surface area (Å²) >= 11 is 0. The van der Waals surface area contributed by atoms with Gasteiger partial charge in [0.05, 0.1) is 5.56 Å². The van der Waals surface area contributed by atoms with Gasteiger partial charge in [0.1, 0.15) is 5.82 Å². The van der Waals surface area contributed by atoms with E-state index in [-0.39, 0.29) is 0 Å². The molecular weight excluding hydrogens is 283 g/mol. The van der Waals surface area contributed by atoms with E-state index in [1.54, 1.807) is 6.92 Å². The number of halogens is 3. The molecule has 2 rings (SSSR count). The van der Waals surface area contributed by atoms with E-state index in [9.17, 15) is 18.0 Å². The number of anilines is 1. The smallest absolute Gasteiger partial charge is 0.338 e. The molecule has 2 N–H and O–H groups in total. The quantitative estimate of drug-likeness (QED) is 0.897. The molecule has 1 unspecified atom stereocenters. The highest BCUT2D eigenvalue weighted by atomic mass is 19.2. The molecule has 0 aliphatic rings. The summed E-state index contributed by atoms with van der Waals surface area (Å²) in [7, 11) is 0. The van der Waals surface area contributed by atoms with Crippen molar-refractivity contribution in [3.8, 4) is 0 Å². The number of aromatic carboxylic acids is 1. The molecule has 0 bridgehead atoms. The Hall–Kier alpha value is -2.50. The van der Waals surface area contributed by atoms with Gasteiger partial charge in [-0.05, 0) is 42.8 Å². The van der Waals surface area contributed by atoms with Crippen molar-refractivity contribution in [2.75, 3.05) is 5.32 Å². The lowest BCUT2D eigenvalue weighted by atomic mass is 10.1. The van der Waals surface area contributed by atoms with Crippen LogP contribution in [0, 0.1) is 17.5 Å². The minimum atomic E-state index is -1.38. The van der Waals surface area contributed by atoms with Crippen molar-refractivity contribution in [3.63, 3.8) is 0 Å². The Morgan fingerprint density at radius 1 is 1.05 bits per heavy atom. The second-order valence-electron chi connectivity index (χ2n) is 4.54. The topological polar surface area (TPSA) is 49.3 Å². The Balaban J connectivity index is 2.23. The second kappa shape index (κ2) is 5.87. The molecule has 6 heteroatoms. The van der Waals surface area contributed by atoms with Crippen LogP contribution in [0.5, 0.6) is 0 Å². The van der Waals surface area contributed by atoms with Crippen LogP contribution in [0.2, 0.25) is 0 Å². The summed E-state index contributed by atoms with van der Waals surface area (Å²) in [5.74, 6) is -4.13. The summed E-state index contributed by atoms with van der Waals surface area (Å²) in [6, 6.07) is 6.62. The number of carbonyl (C=O) groups is 1. The van der Waals surface area contributed by atoms with Crippen LogP contribution in [0.1, 0.15) is 28.9 Å². The predicted molar refractivity (Wildman–Crippen MR) is 71.8 cm³/mol. The third-order valence-electron chi connectivity index (χ3n) is 3.02. The van der Waals surface area contributed by atoms with Gasteiger partial charge in [-0.1, -0.05) is 6.07 Å². The van der Waals surface area contributed by atoms with E-state index in [0.717, 1.165) is 24.3 Å². The van der Waals surface area contributed by atoms with Gasteiger partial charge in [-0.3, -0.25) is 0 Å². The summed E-state index contributed by atoms with van der Waals surface area (Å²) in [4.78, 5) is 10.9. The molecule has 0 saturated carbocycles. The van der Waals surface area contributed by atoms with Gasteiger partial charge in [-0.25, -0.2) is 18.0 Å². The number of hydrogen-bond donors (Lipinski definition) is 2. The van der Waals surface area contributed by atoms with Crippen molar-refractivity contribution in [3.05, 3.63) is 65.0 Å². The van der Waals surface area contributed by atoms with Gasteiger partial charge in [0.25, 0.3) is 0 Å². The van der Waals surface area contributed by atoms with E-state index in [2.05, 4.69) is 5.32 Å². The molecule has 110 valence electrons. The van der Waals surface area contributed by atoms with E-state index in [0.29, 0.717) is 11.3 Å².